The maximum Gasteiger partial charge on any atom is 0.309 e. The van der Waals surface area contributed by atoms with Crippen molar-refractivity contribution in [2.75, 3.05) is 7.11 Å². The van der Waals surface area contributed by atoms with Gasteiger partial charge in [0, 0.05) is 5.56 Å². The van der Waals surface area contributed by atoms with Crippen molar-refractivity contribution < 1.29 is 18.7 Å². The number of ether oxygens (including phenoxy) is 2. The third-order valence-corrected chi connectivity index (χ3v) is 7.47. The normalized spacial score (nSPS) is 27.0. The number of cyclic esters (lactones) is 1. The molecule has 3 nitrogen and oxygen atoms in total. The van der Waals surface area contributed by atoms with Crippen LogP contribution >= 0.6 is 11.6 Å². The molecule has 2 fully saturated rings. The Morgan fingerprint density at radius 1 is 1.07 bits per heavy atom. The molecular weight excluding hydrogens is 403 g/mol. The lowest BCUT2D eigenvalue weighted by atomic mass is 9.72. The minimum atomic E-state index is -0.559. The van der Waals surface area contributed by atoms with Crippen LogP contribution in [0.2, 0.25) is 5.02 Å². The van der Waals surface area contributed by atoms with Gasteiger partial charge in [-0.1, -0.05) is 69.9 Å². The molecule has 3 rings (SSSR count). The van der Waals surface area contributed by atoms with E-state index < -0.39 is 11.9 Å². The summed E-state index contributed by atoms with van der Waals surface area (Å²) in [6, 6.07) is 3.24. The Morgan fingerprint density at radius 3 is 2.47 bits per heavy atom. The van der Waals surface area contributed by atoms with Gasteiger partial charge in [0.05, 0.1) is 13.0 Å². The number of methoxy groups -OCH3 is 1. The summed E-state index contributed by atoms with van der Waals surface area (Å²) < 4.78 is 25.4. The van der Waals surface area contributed by atoms with Gasteiger partial charge in [-0.2, -0.15) is 0 Å². The lowest BCUT2D eigenvalue weighted by Crippen LogP contribution is -2.34. The highest BCUT2D eigenvalue weighted by atomic mass is 35.5. The molecule has 0 bridgehead atoms. The first-order valence-corrected chi connectivity index (χ1v) is 12.1. The summed E-state index contributed by atoms with van der Waals surface area (Å²) in [4.78, 5) is 12.7. The van der Waals surface area contributed by atoms with E-state index in [-0.39, 0.29) is 16.9 Å². The highest BCUT2D eigenvalue weighted by Gasteiger charge is 2.38. The average Bonchev–Trinajstić information content (AvgIpc) is 2.76. The quantitative estimate of drug-likeness (QED) is 0.293. The number of rotatable bonds is 9. The van der Waals surface area contributed by atoms with E-state index in [1.807, 2.05) is 0 Å². The molecule has 5 heteroatoms. The Balaban J connectivity index is 1.47. The number of hydrogen-bond donors (Lipinski definition) is 0. The van der Waals surface area contributed by atoms with E-state index in [1.165, 1.54) is 58.5 Å². The van der Waals surface area contributed by atoms with E-state index in [2.05, 4.69) is 6.92 Å². The number of unbranched alkanes of at least 4 members (excludes halogenated alkanes) is 4. The monoisotopic (exact) mass is 438 g/mol. The molecule has 0 radical (unpaired) electrons. The van der Waals surface area contributed by atoms with Crippen LogP contribution in [0.5, 0.6) is 5.75 Å². The molecule has 1 heterocycles. The summed E-state index contributed by atoms with van der Waals surface area (Å²) in [5.41, 5.74) is 0.347. The number of halogens is 2. The molecule has 1 saturated heterocycles. The number of carbonyl (C=O) groups is 1. The summed E-state index contributed by atoms with van der Waals surface area (Å²) in [5.74, 6) is 0.778. The number of benzene rings is 1. The van der Waals surface area contributed by atoms with Crippen LogP contribution in [0, 0.1) is 23.6 Å². The minimum Gasteiger partial charge on any atom is -0.495 e. The van der Waals surface area contributed by atoms with Crippen molar-refractivity contribution in [2.24, 2.45) is 17.8 Å². The largest absolute Gasteiger partial charge is 0.495 e. The van der Waals surface area contributed by atoms with Crippen molar-refractivity contribution >= 4 is 17.6 Å². The molecule has 0 amide bonds. The van der Waals surface area contributed by atoms with Crippen molar-refractivity contribution in [3.63, 3.8) is 0 Å². The Hall–Kier alpha value is -1.29. The predicted molar refractivity (Wildman–Crippen MR) is 118 cm³/mol. The molecule has 2 unspecified atom stereocenters. The van der Waals surface area contributed by atoms with Crippen molar-refractivity contribution in [1.82, 2.24) is 0 Å². The van der Waals surface area contributed by atoms with Crippen LogP contribution in [0.1, 0.15) is 95.6 Å². The van der Waals surface area contributed by atoms with Gasteiger partial charge in [0.25, 0.3) is 0 Å². The standard InChI is InChI=1S/C25H36ClFO3/c1-3-4-5-6-7-8-17-9-11-18(12-10-17)19-13-15-21(30-25(19)28)20-14-16-22(29-2)23(26)24(20)27/h14,16-19,21H,3-13,15H2,1-2H3. The second-order valence-corrected chi connectivity index (χ2v) is 9.46. The van der Waals surface area contributed by atoms with Gasteiger partial charge in [-0.05, 0) is 49.7 Å². The van der Waals surface area contributed by atoms with Crippen molar-refractivity contribution in [2.45, 2.75) is 90.1 Å². The zero-order valence-electron chi connectivity index (χ0n) is 18.4. The second-order valence-electron chi connectivity index (χ2n) is 9.08. The third kappa shape index (κ3) is 5.69. The van der Waals surface area contributed by atoms with Gasteiger partial charge >= 0.3 is 5.97 Å². The van der Waals surface area contributed by atoms with Crippen LogP contribution in [0.4, 0.5) is 4.39 Å². The van der Waals surface area contributed by atoms with Crippen LogP contribution in [-0.4, -0.2) is 13.1 Å². The molecular formula is C25H36ClFO3. The molecule has 1 aliphatic heterocycles. The van der Waals surface area contributed by atoms with E-state index in [1.54, 1.807) is 12.1 Å². The Kier molecular flexibility index (Phi) is 8.85. The summed E-state index contributed by atoms with van der Waals surface area (Å²) in [6.45, 7) is 2.25. The maximum absolute atomic E-state index is 14.6. The Labute approximate surface area is 185 Å². The molecule has 168 valence electrons. The van der Waals surface area contributed by atoms with E-state index in [4.69, 9.17) is 21.1 Å². The molecule has 30 heavy (non-hydrogen) atoms. The van der Waals surface area contributed by atoms with Gasteiger partial charge in [-0.15, -0.1) is 0 Å². The van der Waals surface area contributed by atoms with Crippen LogP contribution in [0.3, 0.4) is 0 Å². The van der Waals surface area contributed by atoms with Gasteiger partial charge in [-0.3, -0.25) is 4.79 Å². The van der Waals surface area contributed by atoms with E-state index >= 15 is 0 Å². The Bertz CT molecular complexity index is 700. The van der Waals surface area contributed by atoms with Crippen LogP contribution < -0.4 is 4.74 Å². The molecule has 2 aliphatic rings. The molecule has 1 aromatic carbocycles. The van der Waals surface area contributed by atoms with Crippen molar-refractivity contribution in [1.29, 1.82) is 0 Å². The van der Waals surface area contributed by atoms with Gasteiger partial charge < -0.3 is 9.47 Å². The van der Waals surface area contributed by atoms with Crippen molar-refractivity contribution in [3.05, 3.63) is 28.5 Å². The van der Waals surface area contributed by atoms with Gasteiger partial charge in [0.2, 0.25) is 0 Å². The highest BCUT2D eigenvalue weighted by molar-refractivity contribution is 6.32. The summed E-state index contributed by atoms with van der Waals surface area (Å²) in [5, 5.41) is -0.0545. The molecule has 0 aromatic heterocycles. The lowest BCUT2D eigenvalue weighted by molar-refractivity contribution is -0.164. The Morgan fingerprint density at radius 2 is 1.80 bits per heavy atom. The van der Waals surface area contributed by atoms with Crippen molar-refractivity contribution in [3.8, 4) is 5.75 Å². The maximum atomic E-state index is 14.6. The first kappa shape index (κ1) is 23.4. The molecule has 2 atom stereocenters. The first-order valence-electron chi connectivity index (χ1n) is 11.8. The predicted octanol–water partition coefficient (Wildman–Crippen LogP) is 7.65. The summed E-state index contributed by atoms with van der Waals surface area (Å²) >= 11 is 6.04. The van der Waals surface area contributed by atoms with Gasteiger partial charge in [0.1, 0.15) is 16.9 Å². The van der Waals surface area contributed by atoms with E-state index in [9.17, 15) is 9.18 Å². The van der Waals surface area contributed by atoms with Gasteiger partial charge in [-0.25, -0.2) is 4.39 Å². The van der Waals surface area contributed by atoms with Crippen LogP contribution in [0.25, 0.3) is 0 Å². The van der Waals surface area contributed by atoms with E-state index in [0.717, 1.165) is 25.2 Å². The highest BCUT2D eigenvalue weighted by Crippen LogP contribution is 2.43. The smallest absolute Gasteiger partial charge is 0.309 e. The zero-order valence-corrected chi connectivity index (χ0v) is 19.2. The third-order valence-electron chi connectivity index (χ3n) is 7.12. The molecule has 0 spiro atoms. The van der Waals surface area contributed by atoms with E-state index in [0.29, 0.717) is 23.7 Å². The first-order chi connectivity index (χ1) is 14.5. The summed E-state index contributed by atoms with van der Waals surface area (Å²) in [6.07, 6.45) is 13.6. The molecule has 0 N–H and O–H groups in total. The second kappa shape index (κ2) is 11.4. The number of hydrogen-bond acceptors (Lipinski definition) is 3. The molecule has 1 saturated carbocycles. The topological polar surface area (TPSA) is 35.5 Å². The minimum absolute atomic E-state index is 0.0384. The fourth-order valence-corrected chi connectivity index (χ4v) is 5.50. The molecule has 1 aliphatic carbocycles. The molecule has 1 aromatic rings. The van der Waals surface area contributed by atoms with Crippen LogP contribution in [0.15, 0.2) is 12.1 Å². The lowest BCUT2D eigenvalue weighted by Gasteiger charge is -2.37. The zero-order chi connectivity index (χ0) is 21.5. The fraction of sp³-hybridized carbons (Fsp3) is 0.720. The SMILES string of the molecule is CCCCCCCC1CCC(C2CCC(c3ccc(OC)c(Cl)c3F)OC2=O)CC1. The van der Waals surface area contributed by atoms with Crippen LogP contribution in [-0.2, 0) is 9.53 Å². The average molecular weight is 439 g/mol. The number of carbonyl (C=O) groups excluding carboxylic acids is 1. The summed E-state index contributed by atoms with van der Waals surface area (Å²) in [7, 11) is 1.45. The number of esters is 1. The van der Waals surface area contributed by atoms with Gasteiger partial charge in [0.15, 0.2) is 5.82 Å². The fourth-order valence-electron chi connectivity index (χ4n) is 5.25.